The molecular formula is C14H10ClNOS. The van der Waals surface area contributed by atoms with Gasteiger partial charge in [0.2, 0.25) is 5.89 Å². The number of benzene rings is 1. The van der Waals surface area contributed by atoms with Gasteiger partial charge in [0.1, 0.15) is 5.52 Å². The largest absolute Gasteiger partial charge is 0.437 e. The first kappa shape index (κ1) is 11.5. The minimum Gasteiger partial charge on any atom is -0.437 e. The van der Waals surface area contributed by atoms with E-state index in [1.165, 1.54) is 9.75 Å². The Morgan fingerprint density at radius 2 is 2.11 bits per heavy atom. The van der Waals surface area contributed by atoms with Crippen LogP contribution in [0.5, 0.6) is 0 Å². The summed E-state index contributed by atoms with van der Waals surface area (Å²) in [6, 6.07) is 9.60. The summed E-state index contributed by atoms with van der Waals surface area (Å²) in [4.78, 5) is 6.84. The molecule has 4 heteroatoms. The van der Waals surface area contributed by atoms with E-state index in [9.17, 15) is 0 Å². The van der Waals surface area contributed by atoms with Crippen molar-refractivity contribution in [2.24, 2.45) is 0 Å². The van der Waals surface area contributed by atoms with E-state index in [4.69, 9.17) is 16.0 Å². The minimum absolute atomic E-state index is 0.596. The molecule has 0 amide bonds. The molecule has 0 atom stereocenters. The van der Waals surface area contributed by atoms with Crippen LogP contribution in [0.25, 0.3) is 23.3 Å². The first-order chi connectivity index (χ1) is 8.70. The third-order valence-corrected chi connectivity index (χ3v) is 3.72. The molecule has 3 rings (SSSR count). The smallest absolute Gasteiger partial charge is 0.220 e. The molecule has 0 spiro atoms. The number of hydrogen-bond acceptors (Lipinski definition) is 3. The SMILES string of the molecule is Cc1ccc(C=Cc2nc3cc(Cl)ccc3o2)s1. The average Bonchev–Trinajstić information content (AvgIpc) is 2.92. The predicted octanol–water partition coefficient (Wildman–Crippen LogP) is 5.02. The number of nitrogens with zero attached hydrogens (tertiary/aromatic N) is 1. The molecular weight excluding hydrogens is 266 g/mol. The van der Waals surface area contributed by atoms with Gasteiger partial charge >= 0.3 is 0 Å². The maximum Gasteiger partial charge on any atom is 0.220 e. The normalized spacial score (nSPS) is 11.7. The quantitative estimate of drug-likeness (QED) is 0.656. The van der Waals surface area contributed by atoms with Gasteiger partial charge in [0.05, 0.1) is 0 Å². The third kappa shape index (κ3) is 2.33. The van der Waals surface area contributed by atoms with Crippen molar-refractivity contribution in [1.29, 1.82) is 0 Å². The fraction of sp³-hybridized carbons (Fsp3) is 0.0714. The van der Waals surface area contributed by atoms with E-state index in [0.717, 1.165) is 11.1 Å². The molecule has 0 aliphatic carbocycles. The molecule has 0 aliphatic heterocycles. The van der Waals surface area contributed by atoms with Crippen LogP contribution in [0.15, 0.2) is 34.7 Å². The molecule has 0 fully saturated rings. The zero-order chi connectivity index (χ0) is 12.5. The van der Waals surface area contributed by atoms with Crippen LogP contribution in [-0.4, -0.2) is 4.98 Å². The molecule has 0 aliphatic rings. The van der Waals surface area contributed by atoms with Crippen molar-refractivity contribution in [2.45, 2.75) is 6.92 Å². The first-order valence-corrected chi connectivity index (χ1v) is 6.71. The Morgan fingerprint density at radius 3 is 2.89 bits per heavy atom. The Bertz CT molecular complexity index is 726. The van der Waals surface area contributed by atoms with Crippen molar-refractivity contribution < 1.29 is 4.42 Å². The van der Waals surface area contributed by atoms with Crippen LogP contribution in [0, 0.1) is 6.92 Å². The van der Waals surface area contributed by atoms with E-state index in [1.54, 1.807) is 23.5 Å². The molecule has 0 unspecified atom stereocenters. The van der Waals surface area contributed by atoms with Gasteiger partial charge in [-0.25, -0.2) is 4.98 Å². The number of thiophene rings is 1. The monoisotopic (exact) mass is 275 g/mol. The van der Waals surface area contributed by atoms with Gasteiger partial charge in [-0.15, -0.1) is 11.3 Å². The number of oxazole rings is 1. The summed E-state index contributed by atoms with van der Waals surface area (Å²) in [5, 5.41) is 0.667. The van der Waals surface area contributed by atoms with Gasteiger partial charge in [-0.3, -0.25) is 0 Å². The third-order valence-electron chi connectivity index (χ3n) is 2.52. The van der Waals surface area contributed by atoms with Gasteiger partial charge < -0.3 is 4.42 Å². The second-order valence-electron chi connectivity index (χ2n) is 3.95. The van der Waals surface area contributed by atoms with Crippen LogP contribution >= 0.6 is 22.9 Å². The molecule has 2 nitrogen and oxygen atoms in total. The fourth-order valence-electron chi connectivity index (χ4n) is 1.69. The summed E-state index contributed by atoms with van der Waals surface area (Å²) in [6.07, 6.45) is 3.88. The van der Waals surface area contributed by atoms with Crippen molar-refractivity contribution in [2.75, 3.05) is 0 Å². The highest BCUT2D eigenvalue weighted by atomic mass is 35.5. The van der Waals surface area contributed by atoms with Crippen LogP contribution < -0.4 is 0 Å². The van der Waals surface area contributed by atoms with Gasteiger partial charge in [-0.05, 0) is 43.3 Å². The number of hydrogen-bond donors (Lipinski definition) is 0. The second kappa shape index (κ2) is 4.59. The van der Waals surface area contributed by atoms with E-state index < -0.39 is 0 Å². The molecule has 0 saturated carbocycles. The minimum atomic E-state index is 0.596. The summed E-state index contributed by atoms with van der Waals surface area (Å²) in [5.41, 5.74) is 1.53. The molecule has 90 valence electrons. The van der Waals surface area contributed by atoms with Crippen molar-refractivity contribution in [3.05, 3.63) is 51.0 Å². The zero-order valence-corrected chi connectivity index (χ0v) is 11.3. The van der Waals surface area contributed by atoms with Crippen molar-refractivity contribution in [3.63, 3.8) is 0 Å². The van der Waals surface area contributed by atoms with Crippen molar-refractivity contribution >= 4 is 46.2 Å². The van der Waals surface area contributed by atoms with Gasteiger partial charge in [-0.2, -0.15) is 0 Å². The Kier molecular flexibility index (Phi) is 2.94. The van der Waals surface area contributed by atoms with Crippen LogP contribution in [0.3, 0.4) is 0 Å². The lowest BCUT2D eigenvalue weighted by molar-refractivity contribution is 0.590. The van der Waals surface area contributed by atoms with E-state index in [0.29, 0.717) is 10.9 Å². The lowest BCUT2D eigenvalue weighted by atomic mass is 10.3. The van der Waals surface area contributed by atoms with E-state index >= 15 is 0 Å². The Hall–Kier alpha value is -1.58. The fourth-order valence-corrected chi connectivity index (χ4v) is 2.63. The molecule has 0 bridgehead atoms. The van der Waals surface area contributed by atoms with Gasteiger partial charge in [-0.1, -0.05) is 11.6 Å². The maximum atomic E-state index is 5.91. The van der Waals surface area contributed by atoms with E-state index in [-0.39, 0.29) is 0 Å². The number of aromatic nitrogens is 1. The number of aryl methyl sites for hydroxylation is 1. The highest BCUT2D eigenvalue weighted by Crippen LogP contribution is 2.22. The van der Waals surface area contributed by atoms with Gasteiger partial charge in [0.25, 0.3) is 0 Å². The maximum absolute atomic E-state index is 5.91. The molecule has 3 aromatic rings. The average molecular weight is 276 g/mol. The van der Waals surface area contributed by atoms with Crippen LogP contribution in [0.1, 0.15) is 15.6 Å². The van der Waals surface area contributed by atoms with E-state index in [2.05, 4.69) is 24.0 Å². The predicted molar refractivity (Wildman–Crippen MR) is 77.0 cm³/mol. The molecule has 18 heavy (non-hydrogen) atoms. The van der Waals surface area contributed by atoms with Crippen molar-refractivity contribution in [1.82, 2.24) is 4.98 Å². The zero-order valence-electron chi connectivity index (χ0n) is 9.68. The Balaban J connectivity index is 1.93. The molecule has 0 radical (unpaired) electrons. The second-order valence-corrected chi connectivity index (χ2v) is 5.70. The Labute approximate surface area is 114 Å². The summed E-state index contributed by atoms with van der Waals surface area (Å²) >= 11 is 7.64. The summed E-state index contributed by atoms with van der Waals surface area (Å²) in [6.45, 7) is 2.09. The van der Waals surface area contributed by atoms with Gasteiger partial charge in [0.15, 0.2) is 5.58 Å². The number of fused-ring (bicyclic) bond motifs is 1. The summed E-state index contributed by atoms with van der Waals surface area (Å²) in [7, 11) is 0. The lowest BCUT2D eigenvalue weighted by Gasteiger charge is -1.85. The van der Waals surface area contributed by atoms with Crippen LogP contribution in [0.4, 0.5) is 0 Å². The lowest BCUT2D eigenvalue weighted by Crippen LogP contribution is -1.69. The summed E-state index contributed by atoms with van der Waals surface area (Å²) in [5.74, 6) is 0.596. The van der Waals surface area contributed by atoms with Crippen LogP contribution in [0.2, 0.25) is 5.02 Å². The molecule has 2 heterocycles. The Morgan fingerprint density at radius 1 is 1.22 bits per heavy atom. The van der Waals surface area contributed by atoms with E-state index in [1.807, 2.05) is 18.2 Å². The standard InChI is InChI=1S/C14H10ClNOS/c1-9-2-4-11(18-9)5-7-14-16-12-8-10(15)3-6-13(12)17-14/h2-8H,1H3. The highest BCUT2D eigenvalue weighted by Gasteiger charge is 2.03. The molecule has 0 N–H and O–H groups in total. The number of rotatable bonds is 2. The molecule has 2 aromatic heterocycles. The van der Waals surface area contributed by atoms with Crippen molar-refractivity contribution in [3.8, 4) is 0 Å². The molecule has 0 saturated heterocycles. The van der Waals surface area contributed by atoms with Crippen LogP contribution in [-0.2, 0) is 0 Å². The first-order valence-electron chi connectivity index (χ1n) is 5.51. The topological polar surface area (TPSA) is 26.0 Å². The van der Waals surface area contributed by atoms with Gasteiger partial charge in [0, 0.05) is 20.9 Å². The number of halogens is 1. The molecule has 1 aromatic carbocycles. The summed E-state index contributed by atoms with van der Waals surface area (Å²) < 4.78 is 5.60. The highest BCUT2D eigenvalue weighted by molar-refractivity contribution is 7.12.